The van der Waals surface area contributed by atoms with Gasteiger partial charge in [-0.3, -0.25) is 4.79 Å². The van der Waals surface area contributed by atoms with Crippen LogP contribution in [-0.4, -0.2) is 5.91 Å². The highest BCUT2D eigenvalue weighted by molar-refractivity contribution is 6.33. The first kappa shape index (κ1) is 15.2. The molecule has 2 aromatic rings. The lowest BCUT2D eigenvalue weighted by atomic mass is 10.1. The SMILES string of the molecule is Nc1ccc(C(=O)Nc2ccccc2Cl)cc1C(F)(F)F. The van der Waals surface area contributed by atoms with Crippen LogP contribution in [0.4, 0.5) is 24.5 Å². The van der Waals surface area contributed by atoms with Gasteiger partial charge < -0.3 is 11.1 Å². The van der Waals surface area contributed by atoms with Gasteiger partial charge >= 0.3 is 6.18 Å². The summed E-state index contributed by atoms with van der Waals surface area (Å²) < 4.78 is 38.3. The average molecular weight is 315 g/mol. The van der Waals surface area contributed by atoms with Crippen LogP contribution in [0.3, 0.4) is 0 Å². The maximum atomic E-state index is 12.8. The molecule has 0 radical (unpaired) electrons. The number of carbonyl (C=O) groups excluding carboxylic acids is 1. The van der Waals surface area contributed by atoms with E-state index in [9.17, 15) is 18.0 Å². The van der Waals surface area contributed by atoms with Gasteiger partial charge in [0.2, 0.25) is 0 Å². The molecule has 0 unspecified atom stereocenters. The van der Waals surface area contributed by atoms with Gasteiger partial charge in [-0.2, -0.15) is 13.2 Å². The van der Waals surface area contributed by atoms with Gasteiger partial charge in [-0.05, 0) is 30.3 Å². The topological polar surface area (TPSA) is 55.1 Å². The molecule has 0 aliphatic rings. The maximum Gasteiger partial charge on any atom is 0.418 e. The Bertz CT molecular complexity index is 686. The van der Waals surface area contributed by atoms with Gasteiger partial charge in [-0.25, -0.2) is 0 Å². The quantitative estimate of drug-likeness (QED) is 0.816. The van der Waals surface area contributed by atoms with E-state index in [0.717, 1.165) is 6.07 Å². The number of halogens is 4. The lowest BCUT2D eigenvalue weighted by Gasteiger charge is -2.12. The molecule has 0 aromatic heterocycles. The number of carbonyl (C=O) groups is 1. The number of hydrogen-bond donors (Lipinski definition) is 2. The van der Waals surface area contributed by atoms with Crippen molar-refractivity contribution in [2.45, 2.75) is 6.18 Å². The summed E-state index contributed by atoms with van der Waals surface area (Å²) in [7, 11) is 0. The number of alkyl halides is 3. The van der Waals surface area contributed by atoms with Crippen molar-refractivity contribution >= 4 is 28.9 Å². The first-order valence-electron chi connectivity index (χ1n) is 5.81. The third-order valence-corrected chi connectivity index (χ3v) is 3.07. The van der Waals surface area contributed by atoms with Gasteiger partial charge in [0.1, 0.15) is 0 Å². The Morgan fingerprint density at radius 3 is 2.43 bits per heavy atom. The average Bonchev–Trinajstić information content (AvgIpc) is 2.40. The minimum Gasteiger partial charge on any atom is -0.398 e. The molecule has 2 aromatic carbocycles. The largest absolute Gasteiger partial charge is 0.418 e. The van der Waals surface area contributed by atoms with Crippen molar-refractivity contribution < 1.29 is 18.0 Å². The molecule has 1 amide bonds. The summed E-state index contributed by atoms with van der Waals surface area (Å²) in [5.74, 6) is -0.700. The molecule has 3 nitrogen and oxygen atoms in total. The molecule has 3 N–H and O–H groups in total. The van der Waals surface area contributed by atoms with Crippen LogP contribution in [0.5, 0.6) is 0 Å². The fraction of sp³-hybridized carbons (Fsp3) is 0.0714. The summed E-state index contributed by atoms with van der Waals surface area (Å²) in [6.07, 6.45) is -4.62. The summed E-state index contributed by atoms with van der Waals surface area (Å²) in [5.41, 5.74) is 3.96. The van der Waals surface area contributed by atoms with Crippen molar-refractivity contribution in [2.24, 2.45) is 0 Å². The van der Waals surface area contributed by atoms with Crippen molar-refractivity contribution in [1.29, 1.82) is 0 Å². The number of nitrogen functional groups attached to an aromatic ring is 1. The van der Waals surface area contributed by atoms with Crippen LogP contribution in [0.2, 0.25) is 5.02 Å². The zero-order valence-corrected chi connectivity index (χ0v) is 11.3. The highest BCUT2D eigenvalue weighted by Crippen LogP contribution is 2.34. The van der Waals surface area contributed by atoms with Gasteiger partial charge in [-0.1, -0.05) is 23.7 Å². The molecule has 2 rings (SSSR count). The maximum absolute atomic E-state index is 12.8. The van der Waals surface area contributed by atoms with E-state index < -0.39 is 23.3 Å². The molecule has 0 saturated heterocycles. The fourth-order valence-corrected chi connectivity index (χ4v) is 1.88. The third-order valence-electron chi connectivity index (χ3n) is 2.74. The predicted octanol–water partition coefficient (Wildman–Crippen LogP) is 4.19. The summed E-state index contributed by atoms with van der Waals surface area (Å²) in [6.45, 7) is 0. The van der Waals surface area contributed by atoms with Crippen LogP contribution in [-0.2, 0) is 6.18 Å². The van der Waals surface area contributed by atoms with Crippen molar-refractivity contribution in [3.05, 3.63) is 58.6 Å². The minimum absolute atomic E-state index is 0.156. The van der Waals surface area contributed by atoms with E-state index in [2.05, 4.69) is 5.32 Å². The first-order chi connectivity index (χ1) is 9.79. The fourth-order valence-electron chi connectivity index (χ4n) is 1.70. The Hall–Kier alpha value is -2.21. The number of hydrogen-bond acceptors (Lipinski definition) is 2. The van der Waals surface area contributed by atoms with Crippen LogP contribution >= 0.6 is 11.6 Å². The van der Waals surface area contributed by atoms with E-state index in [0.29, 0.717) is 11.8 Å². The summed E-state index contributed by atoms with van der Waals surface area (Å²) in [5, 5.41) is 2.73. The summed E-state index contributed by atoms with van der Waals surface area (Å²) in [6, 6.07) is 9.39. The molecular weight excluding hydrogens is 305 g/mol. The molecule has 0 atom stereocenters. The van der Waals surface area contributed by atoms with Crippen molar-refractivity contribution in [3.8, 4) is 0 Å². The molecule has 21 heavy (non-hydrogen) atoms. The summed E-state index contributed by atoms with van der Waals surface area (Å²) >= 11 is 5.87. The Morgan fingerprint density at radius 1 is 1.14 bits per heavy atom. The molecule has 110 valence electrons. The highest BCUT2D eigenvalue weighted by atomic mass is 35.5. The van der Waals surface area contributed by atoms with Gasteiger partial charge in [0, 0.05) is 11.3 Å². The number of para-hydroxylation sites is 1. The summed E-state index contributed by atoms with van der Waals surface area (Å²) in [4.78, 5) is 12.0. The van der Waals surface area contributed by atoms with Crippen molar-refractivity contribution in [2.75, 3.05) is 11.1 Å². The van der Waals surface area contributed by atoms with Gasteiger partial charge in [0.25, 0.3) is 5.91 Å². The van der Waals surface area contributed by atoms with E-state index >= 15 is 0 Å². The van der Waals surface area contributed by atoms with Crippen LogP contribution in [0.15, 0.2) is 42.5 Å². The standard InChI is InChI=1S/C14H10ClF3N2O/c15-10-3-1-2-4-12(10)20-13(21)8-5-6-11(19)9(7-8)14(16,17)18/h1-7H,19H2,(H,20,21). The highest BCUT2D eigenvalue weighted by Gasteiger charge is 2.33. The molecule has 7 heteroatoms. The Kier molecular flexibility index (Phi) is 4.09. The van der Waals surface area contributed by atoms with E-state index in [1.54, 1.807) is 24.3 Å². The van der Waals surface area contributed by atoms with E-state index in [1.165, 1.54) is 6.07 Å². The molecule has 0 aliphatic carbocycles. The molecule has 0 bridgehead atoms. The number of nitrogens with two attached hydrogens (primary N) is 1. The zero-order valence-electron chi connectivity index (χ0n) is 10.5. The van der Waals surface area contributed by atoms with Gasteiger partial charge in [-0.15, -0.1) is 0 Å². The predicted molar refractivity (Wildman–Crippen MR) is 75.3 cm³/mol. The van der Waals surface area contributed by atoms with Gasteiger partial charge in [0.15, 0.2) is 0 Å². The zero-order chi connectivity index (χ0) is 15.6. The number of amides is 1. The van der Waals surface area contributed by atoms with Crippen LogP contribution in [0.25, 0.3) is 0 Å². The van der Waals surface area contributed by atoms with Crippen LogP contribution in [0, 0.1) is 0 Å². The molecule has 0 heterocycles. The molecule has 0 fully saturated rings. The Labute approximate surface area is 123 Å². The van der Waals surface area contributed by atoms with E-state index in [1.807, 2.05) is 0 Å². The lowest BCUT2D eigenvalue weighted by molar-refractivity contribution is -0.136. The van der Waals surface area contributed by atoms with Crippen molar-refractivity contribution in [3.63, 3.8) is 0 Å². The van der Waals surface area contributed by atoms with E-state index in [4.69, 9.17) is 17.3 Å². The Balaban J connectivity index is 2.31. The van der Waals surface area contributed by atoms with Crippen LogP contribution < -0.4 is 11.1 Å². The second-order valence-electron chi connectivity index (χ2n) is 4.23. The smallest absolute Gasteiger partial charge is 0.398 e. The molecule has 0 aliphatic heterocycles. The van der Waals surface area contributed by atoms with Crippen molar-refractivity contribution in [1.82, 2.24) is 0 Å². The molecular formula is C14H10ClF3N2O. The first-order valence-corrected chi connectivity index (χ1v) is 6.19. The van der Waals surface area contributed by atoms with Crippen LogP contribution in [0.1, 0.15) is 15.9 Å². The number of nitrogens with one attached hydrogen (secondary N) is 1. The Morgan fingerprint density at radius 2 is 1.81 bits per heavy atom. The van der Waals surface area contributed by atoms with Gasteiger partial charge in [0.05, 0.1) is 16.3 Å². The van der Waals surface area contributed by atoms with E-state index in [-0.39, 0.29) is 10.6 Å². The number of rotatable bonds is 2. The molecule has 0 saturated carbocycles. The number of benzene rings is 2. The normalized spacial score (nSPS) is 11.2. The monoisotopic (exact) mass is 314 g/mol. The lowest BCUT2D eigenvalue weighted by Crippen LogP contribution is -2.15. The second kappa shape index (κ2) is 5.65. The minimum atomic E-state index is -4.62. The molecule has 0 spiro atoms. The second-order valence-corrected chi connectivity index (χ2v) is 4.64. The third kappa shape index (κ3) is 3.46. The number of anilines is 2.